The molecule has 1 aliphatic rings. The molecule has 2 aromatic carbocycles. The third-order valence-corrected chi connectivity index (χ3v) is 5.44. The van der Waals surface area contributed by atoms with Gasteiger partial charge in [-0.2, -0.15) is 0 Å². The van der Waals surface area contributed by atoms with Gasteiger partial charge in [-0.05, 0) is 23.3 Å². The normalized spacial score (nSPS) is 22.8. The quantitative estimate of drug-likeness (QED) is 0.751. The first kappa shape index (κ1) is 18.8. The second kappa shape index (κ2) is 8.60. The third-order valence-electron chi connectivity index (χ3n) is 4.91. The molecule has 4 nitrogen and oxygen atoms in total. The first-order valence-corrected chi connectivity index (χ1v) is 9.46. The molecule has 0 heterocycles. The van der Waals surface area contributed by atoms with Gasteiger partial charge in [-0.3, -0.25) is 9.59 Å². The van der Waals surface area contributed by atoms with E-state index >= 15 is 0 Å². The Morgan fingerprint density at radius 3 is 2.42 bits per heavy atom. The Balaban J connectivity index is 1.81. The van der Waals surface area contributed by atoms with Crippen LogP contribution in [0.4, 0.5) is 0 Å². The summed E-state index contributed by atoms with van der Waals surface area (Å²) in [5.74, 6) is -1.49. The largest absolute Gasteiger partial charge is 0.461 e. The van der Waals surface area contributed by atoms with Crippen LogP contribution < -0.4 is 0 Å². The molecule has 2 aromatic rings. The summed E-state index contributed by atoms with van der Waals surface area (Å²) in [5.41, 5.74) is 1.83. The molecule has 5 heteroatoms. The number of esters is 1. The van der Waals surface area contributed by atoms with E-state index in [9.17, 15) is 14.7 Å². The molecule has 1 saturated carbocycles. The smallest absolute Gasteiger partial charge is 0.310 e. The van der Waals surface area contributed by atoms with Crippen LogP contribution in [-0.4, -0.2) is 23.5 Å². The van der Waals surface area contributed by atoms with Crippen molar-refractivity contribution in [1.82, 2.24) is 0 Å². The summed E-state index contributed by atoms with van der Waals surface area (Å²) < 4.78 is 6.48. The van der Waals surface area contributed by atoms with Crippen molar-refractivity contribution in [3.63, 3.8) is 0 Å². The van der Waals surface area contributed by atoms with Crippen LogP contribution in [0.2, 0.25) is 0 Å². The molecule has 1 N–H and O–H groups in total. The van der Waals surface area contributed by atoms with E-state index in [2.05, 4.69) is 15.9 Å². The Hall–Kier alpha value is -1.98. The number of aliphatic hydroxyl groups excluding tert-OH is 1. The number of hydrogen-bond donors (Lipinski definition) is 1. The Kier molecular flexibility index (Phi) is 6.22. The summed E-state index contributed by atoms with van der Waals surface area (Å²) >= 11 is 3.40. The molecule has 0 aliphatic heterocycles. The molecule has 136 valence electrons. The number of rotatable bonds is 5. The van der Waals surface area contributed by atoms with Crippen molar-refractivity contribution in [3.8, 4) is 0 Å². The highest BCUT2D eigenvalue weighted by molar-refractivity contribution is 9.10. The number of ether oxygens (including phenoxy) is 1. The fourth-order valence-electron chi connectivity index (χ4n) is 3.60. The zero-order valence-corrected chi connectivity index (χ0v) is 15.9. The van der Waals surface area contributed by atoms with Gasteiger partial charge in [0.15, 0.2) is 0 Å². The second-order valence-corrected chi connectivity index (χ2v) is 7.58. The van der Waals surface area contributed by atoms with Crippen LogP contribution in [-0.2, 0) is 20.9 Å². The number of ketones is 1. The lowest BCUT2D eigenvalue weighted by atomic mass is 9.69. The zero-order valence-electron chi connectivity index (χ0n) is 14.3. The minimum atomic E-state index is -0.525. The van der Waals surface area contributed by atoms with Gasteiger partial charge in [-0.25, -0.2) is 0 Å². The molecule has 3 rings (SSSR count). The van der Waals surface area contributed by atoms with Gasteiger partial charge < -0.3 is 9.84 Å². The van der Waals surface area contributed by atoms with Gasteiger partial charge in [0.1, 0.15) is 12.4 Å². The molecular formula is C21H21BrO4. The number of carbonyl (C=O) groups excluding carboxylic acids is 2. The fraction of sp³-hybridized carbons (Fsp3) is 0.333. The third kappa shape index (κ3) is 4.40. The van der Waals surface area contributed by atoms with E-state index in [0.29, 0.717) is 6.42 Å². The minimum absolute atomic E-state index is 0.0732. The van der Waals surface area contributed by atoms with Crippen molar-refractivity contribution >= 4 is 27.7 Å². The fourth-order valence-corrected chi connectivity index (χ4v) is 3.86. The predicted octanol–water partition coefficient (Wildman–Crippen LogP) is 3.86. The van der Waals surface area contributed by atoms with E-state index in [0.717, 1.165) is 15.6 Å². The number of Topliss-reactive ketones (excluding diaryl/α,β-unsaturated/α-hetero) is 1. The van der Waals surface area contributed by atoms with Crippen LogP contribution in [0.1, 0.15) is 29.9 Å². The van der Waals surface area contributed by atoms with Crippen molar-refractivity contribution in [3.05, 3.63) is 70.2 Å². The highest BCUT2D eigenvalue weighted by Gasteiger charge is 2.42. The molecule has 0 amide bonds. The van der Waals surface area contributed by atoms with Crippen molar-refractivity contribution < 1.29 is 19.4 Å². The minimum Gasteiger partial charge on any atom is -0.461 e. The molecule has 0 radical (unpaired) electrons. The molecule has 0 spiro atoms. The highest BCUT2D eigenvalue weighted by Crippen LogP contribution is 2.41. The van der Waals surface area contributed by atoms with Gasteiger partial charge in [0.25, 0.3) is 0 Å². The van der Waals surface area contributed by atoms with Crippen molar-refractivity contribution in [2.45, 2.75) is 25.4 Å². The highest BCUT2D eigenvalue weighted by atomic mass is 79.9. The maximum atomic E-state index is 12.8. The van der Waals surface area contributed by atoms with E-state index < -0.39 is 11.8 Å². The zero-order chi connectivity index (χ0) is 18.5. The topological polar surface area (TPSA) is 63.6 Å². The van der Waals surface area contributed by atoms with Gasteiger partial charge in [0.2, 0.25) is 0 Å². The number of carbonyl (C=O) groups is 2. The van der Waals surface area contributed by atoms with E-state index in [4.69, 9.17) is 4.74 Å². The average Bonchev–Trinajstić information content (AvgIpc) is 2.66. The van der Waals surface area contributed by atoms with Crippen LogP contribution in [0.3, 0.4) is 0 Å². The van der Waals surface area contributed by atoms with E-state index in [1.54, 1.807) is 0 Å². The predicted molar refractivity (Wildman–Crippen MR) is 101 cm³/mol. The summed E-state index contributed by atoms with van der Waals surface area (Å²) in [6.45, 7) is -0.0147. The van der Waals surface area contributed by atoms with Gasteiger partial charge in [0, 0.05) is 35.8 Å². The van der Waals surface area contributed by atoms with Crippen LogP contribution in [0.25, 0.3) is 0 Å². The monoisotopic (exact) mass is 416 g/mol. The molecule has 1 fully saturated rings. The molecule has 26 heavy (non-hydrogen) atoms. The molecule has 0 unspecified atom stereocenters. The van der Waals surface area contributed by atoms with E-state index in [-0.39, 0.29) is 37.3 Å². The molecule has 1 aliphatic carbocycles. The van der Waals surface area contributed by atoms with Crippen LogP contribution in [0.5, 0.6) is 0 Å². The number of halogens is 1. The molecule has 0 saturated heterocycles. The van der Waals surface area contributed by atoms with Crippen molar-refractivity contribution in [2.75, 3.05) is 6.61 Å². The Labute approximate surface area is 161 Å². The molecule has 0 aromatic heterocycles. The summed E-state index contributed by atoms with van der Waals surface area (Å²) in [6, 6.07) is 17.1. The summed E-state index contributed by atoms with van der Waals surface area (Å²) in [7, 11) is 0. The average molecular weight is 417 g/mol. The SMILES string of the molecule is O=C1C[C@H](CO)[C@H](C(=O)OCc2ccccc2)[C@H](c2ccc(Br)cc2)C1. The van der Waals surface area contributed by atoms with Crippen molar-refractivity contribution in [1.29, 1.82) is 0 Å². The lowest BCUT2D eigenvalue weighted by Gasteiger charge is -2.35. The second-order valence-electron chi connectivity index (χ2n) is 6.67. The number of hydrogen-bond acceptors (Lipinski definition) is 4. The van der Waals surface area contributed by atoms with Crippen LogP contribution >= 0.6 is 15.9 Å². The standard InChI is InChI=1S/C21H21BrO4/c22-17-8-6-15(7-9-17)19-11-18(24)10-16(12-23)20(19)21(25)26-13-14-4-2-1-3-5-14/h1-9,16,19-20,23H,10-13H2/t16-,19+,20+/m1/s1. The van der Waals surface area contributed by atoms with Gasteiger partial charge in [-0.15, -0.1) is 0 Å². The van der Waals surface area contributed by atoms with Gasteiger partial charge in [0.05, 0.1) is 5.92 Å². The maximum Gasteiger partial charge on any atom is 0.310 e. The Morgan fingerprint density at radius 2 is 1.77 bits per heavy atom. The first-order valence-electron chi connectivity index (χ1n) is 8.67. The lowest BCUT2D eigenvalue weighted by Crippen LogP contribution is -2.39. The van der Waals surface area contributed by atoms with E-state index in [1.807, 2.05) is 54.6 Å². The van der Waals surface area contributed by atoms with Crippen molar-refractivity contribution in [2.24, 2.45) is 11.8 Å². The summed E-state index contributed by atoms with van der Waals surface area (Å²) in [6.07, 6.45) is 0.512. The van der Waals surface area contributed by atoms with Crippen LogP contribution in [0, 0.1) is 11.8 Å². The van der Waals surface area contributed by atoms with Crippen LogP contribution in [0.15, 0.2) is 59.1 Å². The lowest BCUT2D eigenvalue weighted by molar-refractivity contribution is -0.156. The van der Waals surface area contributed by atoms with Gasteiger partial charge >= 0.3 is 5.97 Å². The number of aliphatic hydroxyl groups is 1. The first-order chi connectivity index (χ1) is 12.6. The Bertz CT molecular complexity index is 757. The summed E-state index contributed by atoms with van der Waals surface area (Å²) in [4.78, 5) is 25.0. The molecular weight excluding hydrogens is 396 g/mol. The number of benzene rings is 2. The molecule has 0 bridgehead atoms. The maximum absolute atomic E-state index is 12.8. The Morgan fingerprint density at radius 1 is 1.08 bits per heavy atom. The van der Waals surface area contributed by atoms with E-state index in [1.165, 1.54) is 0 Å². The summed E-state index contributed by atoms with van der Waals surface area (Å²) in [5, 5.41) is 9.75. The van der Waals surface area contributed by atoms with Gasteiger partial charge in [-0.1, -0.05) is 58.4 Å². The molecule has 3 atom stereocenters.